The summed E-state index contributed by atoms with van der Waals surface area (Å²) in [6, 6.07) is 0.722. The van der Waals surface area contributed by atoms with Crippen molar-refractivity contribution in [3.05, 3.63) is 0 Å². The van der Waals surface area contributed by atoms with Crippen LogP contribution in [0.15, 0.2) is 0 Å². The Morgan fingerprint density at radius 2 is 1.60 bits per heavy atom. The van der Waals surface area contributed by atoms with E-state index in [0.717, 1.165) is 18.9 Å². The Kier molecular flexibility index (Phi) is 6.57. The first kappa shape index (κ1) is 15.0. The zero-order valence-electron chi connectivity index (χ0n) is 10.2. The summed E-state index contributed by atoms with van der Waals surface area (Å²) in [4.78, 5) is 0. The molecule has 0 aromatic carbocycles. The molecule has 0 heterocycles. The fourth-order valence-electron chi connectivity index (χ4n) is 1.46. The molecular formula is C9H24N2O3Si. The Bertz CT molecular complexity index is 175. The predicted octanol–water partition coefficient (Wildman–Crippen LogP) is 1.02. The SMILES string of the molecule is CCCC(N)(N)O[Si](CCC)(OC)OC. The highest BCUT2D eigenvalue weighted by atomic mass is 28.4. The molecule has 0 aliphatic rings. The summed E-state index contributed by atoms with van der Waals surface area (Å²) in [6.07, 6.45) is 2.35. The summed E-state index contributed by atoms with van der Waals surface area (Å²) in [5, 5.41) is 0. The molecule has 0 spiro atoms. The van der Waals surface area contributed by atoms with Crippen molar-refractivity contribution in [2.75, 3.05) is 14.2 Å². The van der Waals surface area contributed by atoms with Gasteiger partial charge in [0.2, 0.25) is 0 Å². The van der Waals surface area contributed by atoms with Gasteiger partial charge in [-0.3, -0.25) is 11.5 Å². The van der Waals surface area contributed by atoms with E-state index in [1.807, 2.05) is 13.8 Å². The average Bonchev–Trinajstić information content (AvgIpc) is 2.16. The predicted molar refractivity (Wildman–Crippen MR) is 62.0 cm³/mol. The second kappa shape index (κ2) is 6.57. The Labute approximate surface area is 93.4 Å². The van der Waals surface area contributed by atoms with Gasteiger partial charge in [-0.1, -0.05) is 26.7 Å². The first-order valence-corrected chi connectivity index (χ1v) is 7.26. The van der Waals surface area contributed by atoms with Crippen LogP contribution in [-0.2, 0) is 13.3 Å². The molecule has 0 aromatic rings. The standard InChI is InChI=1S/C9H24N2O3Si/c1-5-7-9(10,11)14-15(12-3,13-4)8-6-2/h5-8,10-11H2,1-4H3. The van der Waals surface area contributed by atoms with Crippen molar-refractivity contribution in [2.24, 2.45) is 11.5 Å². The van der Waals surface area contributed by atoms with Crippen molar-refractivity contribution in [2.45, 2.75) is 45.0 Å². The average molecular weight is 236 g/mol. The zero-order valence-corrected chi connectivity index (χ0v) is 11.2. The number of nitrogens with two attached hydrogens (primary N) is 2. The highest BCUT2D eigenvalue weighted by Gasteiger charge is 2.43. The van der Waals surface area contributed by atoms with Gasteiger partial charge < -0.3 is 13.3 Å². The Hall–Kier alpha value is 0.0169. The van der Waals surface area contributed by atoms with Gasteiger partial charge in [0, 0.05) is 26.7 Å². The third kappa shape index (κ3) is 5.05. The lowest BCUT2D eigenvalue weighted by molar-refractivity contribution is -0.0160. The molecule has 15 heavy (non-hydrogen) atoms. The number of hydrogen-bond donors (Lipinski definition) is 2. The Morgan fingerprint density at radius 1 is 1.07 bits per heavy atom. The van der Waals surface area contributed by atoms with Crippen molar-refractivity contribution in [1.82, 2.24) is 0 Å². The molecule has 0 aromatic heterocycles. The number of hydrogen-bond acceptors (Lipinski definition) is 5. The Balaban J connectivity index is 4.50. The molecule has 0 atom stereocenters. The third-order valence-electron chi connectivity index (χ3n) is 2.16. The molecule has 5 nitrogen and oxygen atoms in total. The van der Waals surface area contributed by atoms with Gasteiger partial charge in [-0.2, -0.15) is 0 Å². The van der Waals surface area contributed by atoms with E-state index in [4.69, 9.17) is 24.7 Å². The van der Waals surface area contributed by atoms with E-state index >= 15 is 0 Å². The molecule has 0 saturated heterocycles. The summed E-state index contributed by atoms with van der Waals surface area (Å²) in [7, 11) is 0.487. The second-order valence-corrected chi connectivity index (χ2v) is 6.53. The van der Waals surface area contributed by atoms with Crippen molar-refractivity contribution < 1.29 is 13.3 Å². The van der Waals surface area contributed by atoms with Crippen molar-refractivity contribution >= 4 is 8.80 Å². The molecule has 0 rings (SSSR count). The van der Waals surface area contributed by atoms with Gasteiger partial charge in [-0.25, -0.2) is 0 Å². The highest BCUT2D eigenvalue weighted by Crippen LogP contribution is 2.20. The van der Waals surface area contributed by atoms with Crippen LogP contribution in [0.25, 0.3) is 0 Å². The van der Waals surface area contributed by atoms with Crippen LogP contribution < -0.4 is 11.5 Å². The van der Waals surface area contributed by atoms with Crippen LogP contribution in [-0.4, -0.2) is 28.9 Å². The lowest BCUT2D eigenvalue weighted by Gasteiger charge is -2.35. The maximum Gasteiger partial charge on any atom is 0.502 e. The second-order valence-electron chi connectivity index (χ2n) is 3.65. The molecule has 92 valence electrons. The number of rotatable bonds is 8. The minimum Gasteiger partial charge on any atom is -0.377 e. The lowest BCUT2D eigenvalue weighted by atomic mass is 10.2. The minimum absolute atomic E-state index is 0.582. The first-order chi connectivity index (χ1) is 6.95. The van der Waals surface area contributed by atoms with Crippen LogP contribution in [0.1, 0.15) is 33.1 Å². The quantitative estimate of drug-likeness (QED) is 0.486. The summed E-state index contributed by atoms with van der Waals surface area (Å²) in [5.41, 5.74) is 11.7. The molecule has 6 heteroatoms. The molecule has 0 bridgehead atoms. The summed E-state index contributed by atoms with van der Waals surface area (Å²) in [5.74, 6) is -1.15. The van der Waals surface area contributed by atoms with Gasteiger partial charge >= 0.3 is 8.80 Å². The normalized spacial score (nSPS) is 13.2. The third-order valence-corrected chi connectivity index (χ3v) is 5.21. The maximum atomic E-state index is 5.83. The van der Waals surface area contributed by atoms with E-state index < -0.39 is 14.7 Å². The molecule has 0 radical (unpaired) electrons. The molecule has 0 saturated carbocycles. The van der Waals surface area contributed by atoms with Crippen LogP contribution in [0, 0.1) is 0 Å². The fourth-order valence-corrected chi connectivity index (χ4v) is 3.60. The lowest BCUT2D eigenvalue weighted by Crippen LogP contribution is -2.61. The van der Waals surface area contributed by atoms with Gasteiger partial charge in [0.1, 0.15) is 0 Å². The van der Waals surface area contributed by atoms with E-state index in [1.54, 1.807) is 14.2 Å². The van der Waals surface area contributed by atoms with Crippen molar-refractivity contribution in [1.29, 1.82) is 0 Å². The van der Waals surface area contributed by atoms with Crippen LogP contribution >= 0.6 is 0 Å². The van der Waals surface area contributed by atoms with Crippen molar-refractivity contribution in [3.8, 4) is 0 Å². The van der Waals surface area contributed by atoms with Gasteiger partial charge in [0.15, 0.2) is 5.85 Å². The van der Waals surface area contributed by atoms with Crippen molar-refractivity contribution in [3.63, 3.8) is 0 Å². The van der Waals surface area contributed by atoms with Crippen LogP contribution in [0.5, 0.6) is 0 Å². The highest BCUT2D eigenvalue weighted by molar-refractivity contribution is 6.60. The smallest absolute Gasteiger partial charge is 0.377 e. The van der Waals surface area contributed by atoms with Gasteiger partial charge in [0.05, 0.1) is 0 Å². The summed E-state index contributed by atoms with van der Waals surface area (Å²) < 4.78 is 16.3. The minimum atomic E-state index is -2.67. The zero-order chi connectivity index (χ0) is 11.9. The molecule has 0 amide bonds. The van der Waals surface area contributed by atoms with Gasteiger partial charge in [0.25, 0.3) is 0 Å². The summed E-state index contributed by atoms with van der Waals surface area (Å²) >= 11 is 0. The van der Waals surface area contributed by atoms with E-state index in [0.29, 0.717) is 6.42 Å². The Morgan fingerprint density at radius 3 is 1.93 bits per heavy atom. The molecule has 0 aliphatic heterocycles. The van der Waals surface area contributed by atoms with E-state index in [2.05, 4.69) is 0 Å². The van der Waals surface area contributed by atoms with Crippen LogP contribution in [0.2, 0.25) is 6.04 Å². The maximum absolute atomic E-state index is 5.83. The first-order valence-electron chi connectivity index (χ1n) is 5.33. The molecule has 4 N–H and O–H groups in total. The molecule has 0 unspecified atom stereocenters. The monoisotopic (exact) mass is 236 g/mol. The topological polar surface area (TPSA) is 79.7 Å². The van der Waals surface area contributed by atoms with Crippen LogP contribution in [0.4, 0.5) is 0 Å². The molecule has 0 aliphatic carbocycles. The largest absolute Gasteiger partial charge is 0.502 e. The van der Waals surface area contributed by atoms with Crippen LogP contribution in [0.3, 0.4) is 0 Å². The molecular weight excluding hydrogens is 212 g/mol. The van der Waals surface area contributed by atoms with E-state index in [-0.39, 0.29) is 0 Å². The van der Waals surface area contributed by atoms with Gasteiger partial charge in [-0.05, 0) is 0 Å². The van der Waals surface area contributed by atoms with E-state index in [9.17, 15) is 0 Å². The fraction of sp³-hybridized carbons (Fsp3) is 1.00. The van der Waals surface area contributed by atoms with E-state index in [1.165, 1.54) is 0 Å². The summed E-state index contributed by atoms with van der Waals surface area (Å²) in [6.45, 7) is 4.04. The molecule has 0 fully saturated rings. The van der Waals surface area contributed by atoms with Gasteiger partial charge in [-0.15, -0.1) is 0 Å².